The molecule has 0 saturated carbocycles. The van der Waals surface area contributed by atoms with Gasteiger partial charge < -0.3 is 5.84 Å². The second-order valence-electron chi connectivity index (χ2n) is 2.82. The minimum Gasteiger partial charge on any atom is -0.335 e. The molecule has 0 bridgehead atoms. The molecule has 0 spiro atoms. The van der Waals surface area contributed by atoms with Gasteiger partial charge in [0.1, 0.15) is 5.82 Å². The van der Waals surface area contributed by atoms with E-state index in [4.69, 9.17) is 5.84 Å². The van der Waals surface area contributed by atoms with E-state index in [9.17, 15) is 4.39 Å². The molecule has 0 fully saturated rings. The Morgan fingerprint density at radius 2 is 2.13 bits per heavy atom. The van der Waals surface area contributed by atoms with Crippen LogP contribution in [0.25, 0.3) is 11.4 Å². The predicted molar refractivity (Wildman–Crippen MR) is 60.5 cm³/mol. The van der Waals surface area contributed by atoms with Crippen molar-refractivity contribution in [2.75, 3.05) is 5.84 Å². The number of nitrogens with two attached hydrogens (primary N) is 1. The highest BCUT2D eigenvalue weighted by molar-refractivity contribution is 9.10. The minimum atomic E-state index is -0.411. The highest BCUT2D eigenvalue weighted by Gasteiger charge is 2.13. The van der Waals surface area contributed by atoms with E-state index >= 15 is 0 Å². The summed E-state index contributed by atoms with van der Waals surface area (Å²) < 4.78 is 15.3. The van der Waals surface area contributed by atoms with Gasteiger partial charge in [0.2, 0.25) is 5.16 Å². The van der Waals surface area contributed by atoms with E-state index in [1.807, 2.05) is 0 Å². The largest absolute Gasteiger partial charge is 0.335 e. The van der Waals surface area contributed by atoms with Gasteiger partial charge in [0.15, 0.2) is 5.82 Å². The number of halogens is 2. The maximum absolute atomic E-state index is 13.5. The third-order valence-electron chi connectivity index (χ3n) is 1.85. The third kappa shape index (κ3) is 1.84. The second kappa shape index (κ2) is 3.82. The molecule has 1 aromatic heterocycles. The lowest BCUT2D eigenvalue weighted by molar-refractivity contribution is 0.628. The van der Waals surface area contributed by atoms with E-state index < -0.39 is 5.82 Å². The number of hydrogen-bond acceptors (Lipinski definition) is 4. The fourth-order valence-electron chi connectivity index (χ4n) is 1.14. The Morgan fingerprint density at radius 3 is 2.73 bits per heavy atom. The number of hydrogen-bond donors (Lipinski definition) is 2. The molecule has 0 amide bonds. The summed E-state index contributed by atoms with van der Waals surface area (Å²) >= 11 is 7.20. The van der Waals surface area contributed by atoms with Gasteiger partial charge in [-0.05, 0) is 18.2 Å². The van der Waals surface area contributed by atoms with Gasteiger partial charge in [0.05, 0.1) is 5.56 Å². The number of aromatic nitrogens is 3. The Kier molecular flexibility index (Phi) is 2.66. The van der Waals surface area contributed by atoms with Crippen LogP contribution < -0.4 is 5.84 Å². The Bertz CT molecular complexity index is 513. The van der Waals surface area contributed by atoms with E-state index in [1.54, 1.807) is 12.1 Å². The van der Waals surface area contributed by atoms with E-state index in [1.165, 1.54) is 6.07 Å². The SMILES string of the molecule is Nn1c(S)nnc1-c1cc(Br)ccc1F. The minimum absolute atomic E-state index is 0.226. The molecule has 15 heavy (non-hydrogen) atoms. The topological polar surface area (TPSA) is 56.7 Å². The summed E-state index contributed by atoms with van der Waals surface area (Å²) in [7, 11) is 0. The number of benzene rings is 1. The summed E-state index contributed by atoms with van der Waals surface area (Å²) in [6.07, 6.45) is 0. The molecule has 0 radical (unpaired) electrons. The van der Waals surface area contributed by atoms with Crippen molar-refractivity contribution in [2.45, 2.75) is 5.16 Å². The molecule has 0 atom stereocenters. The summed E-state index contributed by atoms with van der Waals surface area (Å²) in [6.45, 7) is 0. The zero-order valence-electron chi connectivity index (χ0n) is 7.35. The molecule has 1 heterocycles. The van der Waals surface area contributed by atoms with Gasteiger partial charge in [0.25, 0.3) is 0 Å². The average molecular weight is 289 g/mol. The van der Waals surface area contributed by atoms with E-state index in [-0.39, 0.29) is 16.5 Å². The number of thiol groups is 1. The van der Waals surface area contributed by atoms with Crippen molar-refractivity contribution in [1.29, 1.82) is 0 Å². The van der Waals surface area contributed by atoms with Crippen LogP contribution in [0.2, 0.25) is 0 Å². The summed E-state index contributed by atoms with van der Waals surface area (Å²) in [4.78, 5) is 0. The number of nitrogen functional groups attached to an aromatic ring is 1. The molecule has 0 saturated heterocycles. The summed E-state index contributed by atoms with van der Waals surface area (Å²) in [5.41, 5.74) is 0.277. The van der Waals surface area contributed by atoms with Crippen LogP contribution in [0.4, 0.5) is 4.39 Å². The van der Waals surface area contributed by atoms with Gasteiger partial charge in [-0.2, -0.15) is 0 Å². The van der Waals surface area contributed by atoms with Crippen LogP contribution in [0.5, 0.6) is 0 Å². The molecule has 0 aliphatic rings. The van der Waals surface area contributed by atoms with Crippen molar-refractivity contribution in [1.82, 2.24) is 14.9 Å². The fourth-order valence-corrected chi connectivity index (χ4v) is 1.64. The van der Waals surface area contributed by atoms with Crippen molar-refractivity contribution in [3.8, 4) is 11.4 Å². The van der Waals surface area contributed by atoms with Crippen molar-refractivity contribution in [3.63, 3.8) is 0 Å². The van der Waals surface area contributed by atoms with Crippen LogP contribution in [0.15, 0.2) is 27.8 Å². The van der Waals surface area contributed by atoms with Crippen LogP contribution in [0, 0.1) is 5.82 Å². The Morgan fingerprint density at radius 1 is 1.40 bits per heavy atom. The third-order valence-corrected chi connectivity index (χ3v) is 2.65. The summed E-state index contributed by atoms with van der Waals surface area (Å²) in [5.74, 6) is 5.41. The number of nitrogens with zero attached hydrogens (tertiary/aromatic N) is 3. The molecule has 0 unspecified atom stereocenters. The number of rotatable bonds is 1. The summed E-state index contributed by atoms with van der Waals surface area (Å²) in [6, 6.07) is 4.50. The Labute approximate surface area is 98.8 Å². The zero-order chi connectivity index (χ0) is 11.0. The Balaban J connectivity index is 2.63. The van der Waals surface area contributed by atoms with Gasteiger partial charge in [-0.3, -0.25) is 0 Å². The first-order chi connectivity index (χ1) is 7.09. The second-order valence-corrected chi connectivity index (χ2v) is 4.13. The molecule has 78 valence electrons. The van der Waals surface area contributed by atoms with E-state index in [2.05, 4.69) is 38.8 Å². The van der Waals surface area contributed by atoms with E-state index in [0.717, 1.165) is 9.15 Å². The zero-order valence-corrected chi connectivity index (χ0v) is 9.83. The maximum atomic E-state index is 13.5. The highest BCUT2D eigenvalue weighted by Crippen LogP contribution is 2.24. The van der Waals surface area contributed by atoms with Crippen molar-refractivity contribution in [2.24, 2.45) is 0 Å². The molecule has 0 aliphatic carbocycles. The molecular formula is C8H6BrFN4S. The van der Waals surface area contributed by atoms with Crippen molar-refractivity contribution in [3.05, 3.63) is 28.5 Å². The molecule has 7 heteroatoms. The van der Waals surface area contributed by atoms with Crippen LogP contribution in [0.1, 0.15) is 0 Å². The molecule has 2 aromatic rings. The lowest BCUT2D eigenvalue weighted by atomic mass is 10.2. The molecular weight excluding hydrogens is 283 g/mol. The first kappa shape index (κ1) is 10.4. The summed E-state index contributed by atoms with van der Waals surface area (Å²) in [5, 5.41) is 7.60. The normalized spacial score (nSPS) is 10.6. The molecule has 0 aliphatic heterocycles. The first-order valence-electron chi connectivity index (χ1n) is 3.94. The molecule has 4 nitrogen and oxygen atoms in total. The lowest BCUT2D eigenvalue weighted by Crippen LogP contribution is -2.11. The quantitative estimate of drug-likeness (QED) is 0.622. The van der Waals surface area contributed by atoms with Gasteiger partial charge in [-0.25, -0.2) is 9.07 Å². The van der Waals surface area contributed by atoms with Crippen LogP contribution in [-0.2, 0) is 0 Å². The van der Waals surface area contributed by atoms with Crippen LogP contribution in [0.3, 0.4) is 0 Å². The van der Waals surface area contributed by atoms with Gasteiger partial charge >= 0.3 is 0 Å². The molecule has 1 aromatic carbocycles. The molecule has 2 rings (SSSR count). The average Bonchev–Trinajstić information content (AvgIpc) is 2.52. The van der Waals surface area contributed by atoms with Crippen LogP contribution >= 0.6 is 28.6 Å². The van der Waals surface area contributed by atoms with Gasteiger partial charge in [0, 0.05) is 4.47 Å². The smallest absolute Gasteiger partial charge is 0.206 e. The van der Waals surface area contributed by atoms with Crippen molar-refractivity contribution < 1.29 is 4.39 Å². The monoisotopic (exact) mass is 288 g/mol. The highest BCUT2D eigenvalue weighted by atomic mass is 79.9. The first-order valence-corrected chi connectivity index (χ1v) is 5.18. The van der Waals surface area contributed by atoms with E-state index in [0.29, 0.717) is 0 Å². The standard InChI is InChI=1S/C8H6BrFN4S/c9-4-1-2-6(10)5(3-4)7-12-13-8(15)14(7)11/h1-3H,11H2,(H,13,15). The van der Waals surface area contributed by atoms with Crippen molar-refractivity contribution >= 4 is 28.6 Å². The fraction of sp³-hybridized carbons (Fsp3) is 0. The van der Waals surface area contributed by atoms with Gasteiger partial charge in [-0.1, -0.05) is 15.9 Å². The predicted octanol–water partition coefficient (Wildman–Crippen LogP) is 1.85. The lowest BCUT2D eigenvalue weighted by Gasteiger charge is -2.03. The van der Waals surface area contributed by atoms with Gasteiger partial charge in [-0.15, -0.1) is 22.8 Å². The van der Waals surface area contributed by atoms with Crippen LogP contribution in [-0.4, -0.2) is 14.9 Å². The Hall–Kier alpha value is -1.08. The maximum Gasteiger partial charge on any atom is 0.206 e. The molecule has 2 N–H and O–H groups in total.